The first-order valence-corrected chi connectivity index (χ1v) is 5.87. The van der Waals surface area contributed by atoms with Gasteiger partial charge in [0.05, 0.1) is 0 Å². The number of allylic oxidation sites excluding steroid dienone is 2. The largest absolute Gasteiger partial charge is 0.514 e. The Labute approximate surface area is 113 Å². The van der Waals surface area contributed by atoms with Crippen LogP contribution in [0.25, 0.3) is 6.08 Å². The van der Waals surface area contributed by atoms with Gasteiger partial charge in [0.2, 0.25) is 0 Å². The van der Waals surface area contributed by atoms with Crippen LogP contribution in [0.3, 0.4) is 0 Å². The van der Waals surface area contributed by atoms with E-state index in [1.807, 2.05) is 0 Å². The quantitative estimate of drug-likeness (QED) is 0.353. The second-order valence-corrected chi connectivity index (χ2v) is 4.77. The van der Waals surface area contributed by atoms with E-state index in [0.717, 1.165) is 5.56 Å². The standard InChI is InChI=1S/C16H17O3/c1-5-6-7-8-13-9-11-14(12-10-13)18-15(17)19-16(2,3)4/h5,8-12H,1H2,2-4H3. The van der Waals surface area contributed by atoms with Gasteiger partial charge < -0.3 is 9.47 Å². The van der Waals surface area contributed by atoms with E-state index >= 15 is 0 Å². The van der Waals surface area contributed by atoms with E-state index in [0.29, 0.717) is 5.75 Å². The average molecular weight is 257 g/mol. The fraction of sp³-hybridized carbons (Fsp3) is 0.250. The van der Waals surface area contributed by atoms with Crippen LogP contribution in [-0.4, -0.2) is 11.8 Å². The highest BCUT2D eigenvalue weighted by Gasteiger charge is 2.17. The molecule has 0 saturated heterocycles. The molecular weight excluding hydrogens is 240 g/mol. The summed E-state index contributed by atoms with van der Waals surface area (Å²) in [5.74, 6) is 0.433. The van der Waals surface area contributed by atoms with E-state index < -0.39 is 11.8 Å². The second kappa shape index (κ2) is 6.62. The number of carbonyl (C=O) groups excluding carboxylic acids is 1. The maximum absolute atomic E-state index is 11.4. The maximum atomic E-state index is 11.4. The van der Waals surface area contributed by atoms with Gasteiger partial charge in [-0.1, -0.05) is 24.8 Å². The predicted molar refractivity (Wildman–Crippen MR) is 74.7 cm³/mol. The molecule has 0 bridgehead atoms. The van der Waals surface area contributed by atoms with Gasteiger partial charge in [0, 0.05) is 6.08 Å². The number of hydrogen-bond donors (Lipinski definition) is 0. The van der Waals surface area contributed by atoms with Gasteiger partial charge in [0.25, 0.3) is 0 Å². The highest BCUT2D eigenvalue weighted by atomic mass is 16.7. The monoisotopic (exact) mass is 257 g/mol. The van der Waals surface area contributed by atoms with Crippen LogP contribution in [-0.2, 0) is 4.74 Å². The van der Waals surface area contributed by atoms with E-state index in [2.05, 4.69) is 18.4 Å². The molecule has 0 spiro atoms. The Balaban J connectivity index is 2.64. The number of benzene rings is 1. The molecule has 0 aliphatic carbocycles. The summed E-state index contributed by atoms with van der Waals surface area (Å²) in [7, 11) is 0. The SMILES string of the molecule is C=C[C]=C=Cc1ccc(OC(=O)OC(C)(C)C)cc1. The molecule has 3 nitrogen and oxygen atoms in total. The zero-order valence-electron chi connectivity index (χ0n) is 11.4. The number of ether oxygens (including phenoxy) is 2. The van der Waals surface area contributed by atoms with Gasteiger partial charge in [0.1, 0.15) is 11.4 Å². The molecule has 0 amide bonds. The van der Waals surface area contributed by atoms with Crippen LogP contribution in [0.4, 0.5) is 4.79 Å². The summed E-state index contributed by atoms with van der Waals surface area (Å²) in [5.41, 5.74) is 3.17. The van der Waals surface area contributed by atoms with Crippen molar-refractivity contribution in [1.82, 2.24) is 0 Å². The van der Waals surface area contributed by atoms with Crippen molar-refractivity contribution < 1.29 is 14.3 Å². The third-order valence-electron chi connectivity index (χ3n) is 1.90. The van der Waals surface area contributed by atoms with Crippen molar-refractivity contribution in [2.75, 3.05) is 0 Å². The van der Waals surface area contributed by atoms with Crippen molar-refractivity contribution in [3.8, 4) is 5.75 Å². The summed E-state index contributed by atoms with van der Waals surface area (Å²) >= 11 is 0. The minimum atomic E-state index is -0.712. The van der Waals surface area contributed by atoms with Crippen molar-refractivity contribution in [3.05, 3.63) is 54.3 Å². The molecular formula is C16H17O3. The summed E-state index contributed by atoms with van der Waals surface area (Å²) in [4.78, 5) is 11.4. The molecule has 0 aliphatic heterocycles. The molecule has 0 saturated carbocycles. The van der Waals surface area contributed by atoms with Crippen molar-refractivity contribution >= 4 is 12.2 Å². The van der Waals surface area contributed by atoms with E-state index in [1.165, 1.54) is 6.08 Å². The van der Waals surface area contributed by atoms with Crippen LogP contribution in [0.2, 0.25) is 0 Å². The molecule has 1 rings (SSSR count). The molecule has 0 unspecified atom stereocenters. The molecule has 0 aliphatic rings. The molecule has 19 heavy (non-hydrogen) atoms. The van der Waals surface area contributed by atoms with Crippen LogP contribution < -0.4 is 4.74 Å². The van der Waals surface area contributed by atoms with Gasteiger partial charge in [-0.2, -0.15) is 0 Å². The smallest absolute Gasteiger partial charge is 0.428 e. The Kier molecular flexibility index (Phi) is 5.16. The maximum Gasteiger partial charge on any atom is 0.514 e. The van der Waals surface area contributed by atoms with E-state index in [4.69, 9.17) is 9.47 Å². The number of carbonyl (C=O) groups is 1. The van der Waals surface area contributed by atoms with Gasteiger partial charge in [0.15, 0.2) is 0 Å². The van der Waals surface area contributed by atoms with Crippen LogP contribution in [0.15, 0.2) is 42.7 Å². The van der Waals surface area contributed by atoms with Crippen molar-refractivity contribution in [1.29, 1.82) is 0 Å². The molecule has 0 heterocycles. The number of rotatable bonds is 3. The van der Waals surface area contributed by atoms with E-state index in [9.17, 15) is 4.79 Å². The highest BCUT2D eigenvalue weighted by Crippen LogP contribution is 2.15. The lowest BCUT2D eigenvalue weighted by molar-refractivity contribution is 0.0206. The van der Waals surface area contributed by atoms with Crippen LogP contribution in [0, 0.1) is 6.08 Å². The minimum absolute atomic E-state index is 0.433. The first kappa shape index (κ1) is 14.8. The number of hydrogen-bond acceptors (Lipinski definition) is 3. The van der Waals surface area contributed by atoms with E-state index in [1.54, 1.807) is 51.1 Å². The van der Waals surface area contributed by atoms with Crippen molar-refractivity contribution in [2.24, 2.45) is 0 Å². The Bertz CT molecular complexity index is 498. The average Bonchev–Trinajstić information content (AvgIpc) is 2.29. The summed E-state index contributed by atoms with van der Waals surface area (Å²) in [6.45, 7) is 8.85. The van der Waals surface area contributed by atoms with Crippen molar-refractivity contribution in [2.45, 2.75) is 26.4 Å². The Hall–Kier alpha value is -2.25. The third-order valence-corrected chi connectivity index (χ3v) is 1.90. The summed E-state index contributed by atoms with van der Waals surface area (Å²) < 4.78 is 10.1. The zero-order valence-corrected chi connectivity index (χ0v) is 11.4. The zero-order chi connectivity index (χ0) is 14.3. The summed E-state index contributed by atoms with van der Waals surface area (Å²) in [5, 5.41) is 0. The molecule has 0 aromatic heterocycles. The molecule has 3 heteroatoms. The molecule has 99 valence electrons. The first-order chi connectivity index (χ1) is 8.90. The normalized spacial score (nSPS) is 10.1. The second-order valence-electron chi connectivity index (χ2n) is 4.77. The van der Waals surface area contributed by atoms with Crippen LogP contribution >= 0.6 is 0 Å². The van der Waals surface area contributed by atoms with E-state index in [-0.39, 0.29) is 0 Å². The Morgan fingerprint density at radius 2 is 1.89 bits per heavy atom. The predicted octanol–water partition coefficient (Wildman–Crippen LogP) is 4.16. The molecule has 1 aromatic rings. The minimum Gasteiger partial charge on any atom is -0.428 e. The van der Waals surface area contributed by atoms with Crippen molar-refractivity contribution in [3.63, 3.8) is 0 Å². The molecule has 1 radical (unpaired) electrons. The van der Waals surface area contributed by atoms with Gasteiger partial charge in [-0.3, -0.25) is 0 Å². The Morgan fingerprint density at radius 1 is 1.26 bits per heavy atom. The Morgan fingerprint density at radius 3 is 2.42 bits per heavy atom. The lowest BCUT2D eigenvalue weighted by atomic mass is 10.2. The van der Waals surface area contributed by atoms with Gasteiger partial charge in [-0.05, 0) is 44.5 Å². The van der Waals surface area contributed by atoms with Gasteiger partial charge in [-0.25, -0.2) is 4.79 Å². The van der Waals surface area contributed by atoms with Gasteiger partial charge >= 0.3 is 6.16 Å². The summed E-state index contributed by atoms with van der Waals surface area (Å²) in [6.07, 6.45) is 5.28. The third kappa shape index (κ3) is 6.29. The molecule has 0 N–H and O–H groups in total. The highest BCUT2D eigenvalue weighted by molar-refractivity contribution is 5.64. The van der Waals surface area contributed by atoms with Crippen LogP contribution in [0.1, 0.15) is 26.3 Å². The van der Waals surface area contributed by atoms with Crippen LogP contribution in [0.5, 0.6) is 5.75 Å². The molecule has 0 fully saturated rings. The summed E-state index contributed by atoms with van der Waals surface area (Å²) in [6, 6.07) is 6.98. The molecule has 0 atom stereocenters. The topological polar surface area (TPSA) is 35.5 Å². The fourth-order valence-electron chi connectivity index (χ4n) is 1.18. The lowest BCUT2D eigenvalue weighted by Gasteiger charge is -2.18. The molecule has 1 aromatic carbocycles. The lowest BCUT2D eigenvalue weighted by Crippen LogP contribution is -2.25. The first-order valence-electron chi connectivity index (χ1n) is 5.87. The van der Waals surface area contributed by atoms with Gasteiger partial charge in [-0.15, -0.1) is 5.73 Å². The fourth-order valence-corrected chi connectivity index (χ4v) is 1.18.